The maximum atomic E-state index is 15.1. The van der Waals surface area contributed by atoms with Crippen LogP contribution in [0.3, 0.4) is 0 Å². The number of carbonyl (C=O) groups excluding carboxylic acids is 2. The standard InChI is InChI=1S/C31H37N3O2/c1-21(2)34(22(3)4)30(36)31(26-15-10-16-33-20-26,27-17-24-13-8-9-14-25(24)18-27)28(19-29(32)35)23-11-6-5-7-12-23/h5-16,20-22,27-28H,17-19H2,1-4H3,(H2,32,35). The predicted octanol–water partition coefficient (Wildman–Crippen LogP) is 5.04. The molecular formula is C31H37N3O2. The Hall–Kier alpha value is -3.47. The fraction of sp³-hybridized carbons (Fsp3) is 0.387. The third kappa shape index (κ3) is 4.67. The van der Waals surface area contributed by atoms with Crippen molar-refractivity contribution in [2.24, 2.45) is 11.7 Å². The van der Waals surface area contributed by atoms with Gasteiger partial charge in [-0.15, -0.1) is 0 Å². The van der Waals surface area contributed by atoms with E-state index in [0.717, 1.165) is 24.0 Å². The van der Waals surface area contributed by atoms with Gasteiger partial charge < -0.3 is 10.6 Å². The quantitative estimate of drug-likeness (QED) is 0.463. The predicted molar refractivity (Wildman–Crippen MR) is 143 cm³/mol. The van der Waals surface area contributed by atoms with Gasteiger partial charge in [-0.2, -0.15) is 0 Å². The van der Waals surface area contributed by atoms with E-state index in [4.69, 9.17) is 5.73 Å². The third-order valence-electron chi connectivity index (χ3n) is 7.69. The Bertz CT molecular complexity index is 1160. The molecule has 2 aromatic carbocycles. The van der Waals surface area contributed by atoms with Crippen molar-refractivity contribution in [1.82, 2.24) is 9.88 Å². The molecule has 1 heterocycles. The Morgan fingerprint density at radius 3 is 2.00 bits per heavy atom. The summed E-state index contributed by atoms with van der Waals surface area (Å²) in [6, 6.07) is 22.2. The Labute approximate surface area is 214 Å². The fourth-order valence-electron chi connectivity index (χ4n) is 6.36. The van der Waals surface area contributed by atoms with Crippen molar-refractivity contribution in [3.63, 3.8) is 0 Å². The van der Waals surface area contributed by atoms with E-state index in [1.807, 2.05) is 53.6 Å². The molecule has 5 heteroatoms. The van der Waals surface area contributed by atoms with Crippen molar-refractivity contribution >= 4 is 11.8 Å². The maximum absolute atomic E-state index is 15.1. The van der Waals surface area contributed by atoms with Gasteiger partial charge in [0, 0.05) is 36.8 Å². The molecule has 2 amide bonds. The summed E-state index contributed by atoms with van der Waals surface area (Å²) in [4.78, 5) is 34.2. The Morgan fingerprint density at radius 2 is 1.50 bits per heavy atom. The molecule has 0 spiro atoms. The summed E-state index contributed by atoms with van der Waals surface area (Å²) in [7, 11) is 0. The van der Waals surface area contributed by atoms with Crippen molar-refractivity contribution in [1.29, 1.82) is 0 Å². The Kier molecular flexibility index (Phi) is 7.58. The molecule has 0 bridgehead atoms. The summed E-state index contributed by atoms with van der Waals surface area (Å²) in [6.45, 7) is 8.23. The highest BCUT2D eigenvalue weighted by atomic mass is 16.2. The van der Waals surface area contributed by atoms with Gasteiger partial charge in [0.1, 0.15) is 0 Å². The smallest absolute Gasteiger partial charge is 0.234 e. The highest BCUT2D eigenvalue weighted by Crippen LogP contribution is 2.52. The molecule has 1 aromatic heterocycles. The van der Waals surface area contributed by atoms with E-state index in [1.54, 1.807) is 6.20 Å². The van der Waals surface area contributed by atoms with Crippen LogP contribution >= 0.6 is 0 Å². The van der Waals surface area contributed by atoms with Crippen LogP contribution in [0.2, 0.25) is 0 Å². The number of nitrogens with two attached hydrogens (primary N) is 1. The maximum Gasteiger partial charge on any atom is 0.234 e. The zero-order chi connectivity index (χ0) is 25.9. The van der Waals surface area contributed by atoms with E-state index in [1.165, 1.54) is 11.1 Å². The first-order valence-electron chi connectivity index (χ1n) is 12.9. The molecular weight excluding hydrogens is 446 g/mol. The number of pyridine rings is 1. The zero-order valence-electron chi connectivity index (χ0n) is 21.7. The van der Waals surface area contributed by atoms with Crippen LogP contribution in [0.1, 0.15) is 62.3 Å². The summed E-state index contributed by atoms with van der Waals surface area (Å²) >= 11 is 0. The molecule has 3 aromatic rings. The van der Waals surface area contributed by atoms with E-state index < -0.39 is 17.2 Å². The van der Waals surface area contributed by atoms with E-state index in [9.17, 15) is 4.79 Å². The van der Waals surface area contributed by atoms with E-state index in [0.29, 0.717) is 0 Å². The van der Waals surface area contributed by atoms with Gasteiger partial charge in [-0.3, -0.25) is 14.6 Å². The molecule has 1 aliphatic carbocycles. The van der Waals surface area contributed by atoms with Gasteiger partial charge in [0.05, 0.1) is 5.41 Å². The monoisotopic (exact) mass is 483 g/mol. The molecule has 0 saturated carbocycles. The van der Waals surface area contributed by atoms with E-state index in [2.05, 4.69) is 56.9 Å². The minimum atomic E-state index is -1.03. The largest absolute Gasteiger partial charge is 0.370 e. The second kappa shape index (κ2) is 10.7. The first-order chi connectivity index (χ1) is 17.3. The highest BCUT2D eigenvalue weighted by Gasteiger charge is 2.56. The molecule has 5 nitrogen and oxygen atoms in total. The number of primary amides is 1. The van der Waals surface area contributed by atoms with Crippen LogP contribution in [-0.2, 0) is 27.8 Å². The van der Waals surface area contributed by atoms with Crippen LogP contribution in [-0.4, -0.2) is 33.8 Å². The lowest BCUT2D eigenvalue weighted by atomic mass is 9.57. The topological polar surface area (TPSA) is 76.3 Å². The summed E-state index contributed by atoms with van der Waals surface area (Å²) in [5.74, 6) is -0.877. The second-order valence-electron chi connectivity index (χ2n) is 10.5. The third-order valence-corrected chi connectivity index (χ3v) is 7.69. The average Bonchev–Trinajstić information content (AvgIpc) is 3.29. The lowest BCUT2D eigenvalue weighted by Crippen LogP contribution is -2.58. The number of aromatic nitrogens is 1. The number of rotatable bonds is 9. The van der Waals surface area contributed by atoms with Gasteiger partial charge >= 0.3 is 0 Å². The van der Waals surface area contributed by atoms with Gasteiger partial charge in [0.15, 0.2) is 0 Å². The molecule has 188 valence electrons. The lowest BCUT2D eigenvalue weighted by Gasteiger charge is -2.48. The van der Waals surface area contributed by atoms with Crippen LogP contribution in [0, 0.1) is 5.92 Å². The van der Waals surface area contributed by atoms with Crippen molar-refractivity contribution in [2.45, 2.75) is 70.4 Å². The molecule has 2 atom stereocenters. The Balaban J connectivity index is 2.05. The van der Waals surface area contributed by atoms with Gasteiger partial charge in [-0.1, -0.05) is 60.7 Å². The van der Waals surface area contributed by atoms with Crippen LogP contribution in [0.15, 0.2) is 79.1 Å². The van der Waals surface area contributed by atoms with Crippen LogP contribution in [0.4, 0.5) is 0 Å². The minimum absolute atomic E-state index is 0.0117. The molecule has 2 N–H and O–H groups in total. The van der Waals surface area contributed by atoms with Crippen molar-refractivity contribution in [3.8, 4) is 0 Å². The van der Waals surface area contributed by atoms with Crippen LogP contribution in [0.5, 0.6) is 0 Å². The minimum Gasteiger partial charge on any atom is -0.370 e. The number of fused-ring (bicyclic) bond motifs is 1. The van der Waals surface area contributed by atoms with Crippen LogP contribution in [0.25, 0.3) is 0 Å². The number of amides is 2. The molecule has 2 unspecified atom stereocenters. The van der Waals surface area contributed by atoms with Gasteiger partial charge in [0.2, 0.25) is 11.8 Å². The number of hydrogen-bond acceptors (Lipinski definition) is 3. The summed E-state index contributed by atoms with van der Waals surface area (Å²) in [6.07, 6.45) is 5.13. The molecule has 36 heavy (non-hydrogen) atoms. The normalized spacial score (nSPS) is 15.9. The summed E-state index contributed by atoms with van der Waals surface area (Å²) < 4.78 is 0. The first kappa shape index (κ1) is 25.6. The molecule has 0 aliphatic heterocycles. The average molecular weight is 484 g/mol. The number of hydrogen-bond donors (Lipinski definition) is 1. The number of benzene rings is 2. The zero-order valence-corrected chi connectivity index (χ0v) is 21.7. The molecule has 0 radical (unpaired) electrons. The molecule has 0 fully saturated rings. The second-order valence-corrected chi connectivity index (χ2v) is 10.5. The summed E-state index contributed by atoms with van der Waals surface area (Å²) in [5, 5.41) is 0. The van der Waals surface area contributed by atoms with E-state index >= 15 is 4.79 Å². The fourth-order valence-corrected chi connectivity index (χ4v) is 6.36. The lowest BCUT2D eigenvalue weighted by molar-refractivity contribution is -0.145. The van der Waals surface area contributed by atoms with Gasteiger partial charge in [0.25, 0.3) is 0 Å². The van der Waals surface area contributed by atoms with Gasteiger partial charge in [-0.05, 0) is 74.8 Å². The van der Waals surface area contributed by atoms with Crippen LogP contribution < -0.4 is 5.73 Å². The van der Waals surface area contributed by atoms with Gasteiger partial charge in [-0.25, -0.2) is 0 Å². The number of nitrogens with zero attached hydrogens (tertiary/aromatic N) is 2. The van der Waals surface area contributed by atoms with Crippen molar-refractivity contribution < 1.29 is 9.59 Å². The molecule has 0 saturated heterocycles. The number of carbonyl (C=O) groups is 2. The van der Waals surface area contributed by atoms with Crippen molar-refractivity contribution in [3.05, 3.63) is 101 Å². The summed E-state index contributed by atoms with van der Waals surface area (Å²) in [5.41, 5.74) is 9.18. The first-order valence-corrected chi connectivity index (χ1v) is 12.9. The highest BCUT2D eigenvalue weighted by molar-refractivity contribution is 5.92. The van der Waals surface area contributed by atoms with Crippen molar-refractivity contribution in [2.75, 3.05) is 0 Å². The Morgan fingerprint density at radius 1 is 0.917 bits per heavy atom. The van der Waals surface area contributed by atoms with E-state index in [-0.39, 0.29) is 30.3 Å². The molecule has 4 rings (SSSR count). The molecule has 1 aliphatic rings. The SMILES string of the molecule is CC(C)N(C(=O)C(c1cccnc1)(C1Cc2ccccc2C1)C(CC(N)=O)c1ccccc1)C(C)C.